The van der Waals surface area contributed by atoms with Crippen molar-refractivity contribution in [2.45, 2.75) is 33.6 Å². The molecule has 4 nitrogen and oxygen atoms in total. The molecule has 0 unspecified atom stereocenters. The molecule has 0 heterocycles. The summed E-state index contributed by atoms with van der Waals surface area (Å²) >= 11 is 3.45. The average molecular weight is 353 g/mol. The third-order valence-electron chi connectivity index (χ3n) is 4.02. The molecular formula is C16H21BrN2O2. The molecule has 0 spiro atoms. The van der Waals surface area contributed by atoms with Gasteiger partial charge in [-0.3, -0.25) is 9.59 Å². The molecule has 21 heavy (non-hydrogen) atoms. The van der Waals surface area contributed by atoms with Gasteiger partial charge < -0.3 is 10.2 Å². The van der Waals surface area contributed by atoms with Gasteiger partial charge in [0.1, 0.15) is 5.41 Å². The second-order valence-electron chi connectivity index (χ2n) is 5.50. The maximum atomic E-state index is 12.5. The molecule has 1 aliphatic carbocycles. The minimum atomic E-state index is -0.851. The van der Waals surface area contributed by atoms with Crippen LogP contribution in [0.5, 0.6) is 0 Å². The summed E-state index contributed by atoms with van der Waals surface area (Å²) in [6.45, 7) is 7.14. The normalized spacial score (nSPS) is 15.4. The van der Waals surface area contributed by atoms with Crippen LogP contribution >= 0.6 is 15.9 Å². The smallest absolute Gasteiger partial charge is 0.240 e. The van der Waals surface area contributed by atoms with Crippen LogP contribution in [0.25, 0.3) is 0 Å². The first-order chi connectivity index (χ1) is 9.94. The van der Waals surface area contributed by atoms with Crippen LogP contribution in [0.2, 0.25) is 0 Å². The molecule has 5 heteroatoms. The zero-order valence-corrected chi connectivity index (χ0v) is 14.3. The number of aryl methyl sites for hydroxylation is 1. The maximum absolute atomic E-state index is 12.5. The number of benzene rings is 1. The van der Waals surface area contributed by atoms with Gasteiger partial charge in [0.15, 0.2) is 0 Å². The highest BCUT2D eigenvalue weighted by molar-refractivity contribution is 9.10. The van der Waals surface area contributed by atoms with Crippen molar-refractivity contribution in [3.05, 3.63) is 28.2 Å². The van der Waals surface area contributed by atoms with Crippen LogP contribution in [-0.2, 0) is 9.59 Å². The van der Waals surface area contributed by atoms with Crippen molar-refractivity contribution in [1.29, 1.82) is 0 Å². The molecule has 0 radical (unpaired) electrons. The molecule has 0 bridgehead atoms. The molecule has 0 aliphatic heterocycles. The van der Waals surface area contributed by atoms with Crippen LogP contribution in [0.3, 0.4) is 0 Å². The predicted octanol–water partition coefficient (Wildman–Crippen LogP) is 3.34. The first-order valence-electron chi connectivity index (χ1n) is 7.31. The zero-order chi connectivity index (χ0) is 15.6. The van der Waals surface area contributed by atoms with Crippen LogP contribution in [-0.4, -0.2) is 29.8 Å². The summed E-state index contributed by atoms with van der Waals surface area (Å²) in [4.78, 5) is 26.8. The Morgan fingerprint density at radius 3 is 2.38 bits per heavy atom. The van der Waals surface area contributed by atoms with E-state index in [2.05, 4.69) is 21.2 Å². The van der Waals surface area contributed by atoms with E-state index in [0.717, 1.165) is 10.0 Å². The number of carbonyl (C=O) groups excluding carboxylic acids is 2. The van der Waals surface area contributed by atoms with Crippen molar-refractivity contribution in [1.82, 2.24) is 4.90 Å². The number of hydrogen-bond acceptors (Lipinski definition) is 2. The number of halogens is 1. The van der Waals surface area contributed by atoms with Crippen molar-refractivity contribution < 1.29 is 9.59 Å². The van der Waals surface area contributed by atoms with Crippen molar-refractivity contribution in [3.8, 4) is 0 Å². The Hall–Kier alpha value is -1.36. The number of rotatable bonds is 5. The highest BCUT2D eigenvalue weighted by Crippen LogP contribution is 2.48. The van der Waals surface area contributed by atoms with E-state index >= 15 is 0 Å². The summed E-state index contributed by atoms with van der Waals surface area (Å²) < 4.78 is 0.835. The predicted molar refractivity (Wildman–Crippen MR) is 87.1 cm³/mol. The van der Waals surface area contributed by atoms with Crippen molar-refractivity contribution in [2.75, 3.05) is 18.4 Å². The highest BCUT2D eigenvalue weighted by atomic mass is 79.9. The number of hydrogen-bond donors (Lipinski definition) is 1. The Labute approximate surface area is 134 Å². The summed E-state index contributed by atoms with van der Waals surface area (Å²) in [5.74, 6) is -0.239. The van der Waals surface area contributed by atoms with E-state index in [-0.39, 0.29) is 11.8 Å². The minimum Gasteiger partial charge on any atom is -0.342 e. The van der Waals surface area contributed by atoms with Gasteiger partial charge in [0.25, 0.3) is 0 Å². The van der Waals surface area contributed by atoms with E-state index < -0.39 is 5.41 Å². The molecule has 2 rings (SSSR count). The monoisotopic (exact) mass is 352 g/mol. The van der Waals surface area contributed by atoms with Crippen molar-refractivity contribution in [3.63, 3.8) is 0 Å². The van der Waals surface area contributed by atoms with Crippen LogP contribution < -0.4 is 5.32 Å². The summed E-state index contributed by atoms with van der Waals surface area (Å²) in [6, 6.07) is 5.74. The lowest BCUT2D eigenvalue weighted by Crippen LogP contribution is -2.42. The zero-order valence-electron chi connectivity index (χ0n) is 12.7. The molecule has 114 valence electrons. The lowest BCUT2D eigenvalue weighted by atomic mass is 10.0. The van der Waals surface area contributed by atoms with Crippen molar-refractivity contribution >= 4 is 33.4 Å². The van der Waals surface area contributed by atoms with Crippen LogP contribution in [0.4, 0.5) is 5.69 Å². The Balaban J connectivity index is 2.14. The average Bonchev–Trinajstić information content (AvgIpc) is 3.24. The van der Waals surface area contributed by atoms with E-state index in [0.29, 0.717) is 31.6 Å². The second kappa shape index (κ2) is 6.18. The van der Waals surface area contributed by atoms with Gasteiger partial charge in [0, 0.05) is 17.6 Å². The Bertz CT molecular complexity index is 563. The largest absolute Gasteiger partial charge is 0.342 e. The van der Waals surface area contributed by atoms with Gasteiger partial charge in [0.05, 0.1) is 5.69 Å². The van der Waals surface area contributed by atoms with Gasteiger partial charge in [-0.25, -0.2) is 0 Å². The Kier molecular flexibility index (Phi) is 4.71. The fourth-order valence-electron chi connectivity index (χ4n) is 2.44. The molecule has 1 N–H and O–H groups in total. The second-order valence-corrected chi connectivity index (χ2v) is 6.35. The third-order valence-corrected chi connectivity index (χ3v) is 4.67. The van der Waals surface area contributed by atoms with Crippen molar-refractivity contribution in [2.24, 2.45) is 5.41 Å². The minimum absolute atomic E-state index is 0.0479. The van der Waals surface area contributed by atoms with Gasteiger partial charge in [-0.05, 0) is 67.2 Å². The number of nitrogens with one attached hydrogen (secondary N) is 1. The molecule has 0 aromatic heterocycles. The number of carbonyl (C=O) groups is 2. The molecule has 1 aromatic carbocycles. The molecule has 2 amide bonds. The van der Waals surface area contributed by atoms with E-state index in [4.69, 9.17) is 0 Å². The molecule has 1 aromatic rings. The summed E-state index contributed by atoms with van der Waals surface area (Å²) in [7, 11) is 0. The van der Waals surface area contributed by atoms with Gasteiger partial charge in [0.2, 0.25) is 11.8 Å². The number of amides is 2. The first-order valence-corrected chi connectivity index (χ1v) is 8.11. The molecular weight excluding hydrogens is 332 g/mol. The van der Waals surface area contributed by atoms with Crippen LogP contribution in [0, 0.1) is 12.3 Å². The SMILES string of the molecule is CCN(CC)C(=O)C1(C(=O)Nc2ccc(C)cc2Br)CC1. The highest BCUT2D eigenvalue weighted by Gasteiger charge is 2.57. The molecule has 1 aliphatic rings. The van der Waals surface area contributed by atoms with Crippen LogP contribution in [0.1, 0.15) is 32.3 Å². The van der Waals surface area contributed by atoms with E-state index in [1.807, 2.05) is 39.0 Å². The summed E-state index contributed by atoms with van der Waals surface area (Å²) in [6.07, 6.45) is 1.27. The van der Waals surface area contributed by atoms with Gasteiger partial charge >= 0.3 is 0 Å². The molecule has 0 saturated heterocycles. The maximum Gasteiger partial charge on any atom is 0.240 e. The van der Waals surface area contributed by atoms with E-state index in [1.54, 1.807) is 4.90 Å². The topological polar surface area (TPSA) is 49.4 Å². The number of anilines is 1. The van der Waals surface area contributed by atoms with Gasteiger partial charge in [-0.15, -0.1) is 0 Å². The fraction of sp³-hybridized carbons (Fsp3) is 0.500. The Morgan fingerprint density at radius 1 is 1.29 bits per heavy atom. The lowest BCUT2D eigenvalue weighted by Gasteiger charge is -2.24. The van der Waals surface area contributed by atoms with Gasteiger partial charge in [-0.1, -0.05) is 6.07 Å². The van der Waals surface area contributed by atoms with Gasteiger partial charge in [-0.2, -0.15) is 0 Å². The third kappa shape index (κ3) is 3.12. The standard InChI is InChI=1S/C16H21BrN2O2/c1-4-19(5-2)15(21)16(8-9-16)14(20)18-13-7-6-11(3)10-12(13)17/h6-7,10H,4-5,8-9H2,1-3H3,(H,18,20). The van der Waals surface area contributed by atoms with E-state index in [1.165, 1.54) is 0 Å². The lowest BCUT2D eigenvalue weighted by molar-refractivity contribution is -0.141. The van der Waals surface area contributed by atoms with E-state index in [9.17, 15) is 9.59 Å². The molecule has 0 atom stereocenters. The Morgan fingerprint density at radius 2 is 1.90 bits per heavy atom. The number of nitrogens with zero attached hydrogens (tertiary/aromatic N) is 1. The summed E-state index contributed by atoms with van der Waals surface area (Å²) in [5.41, 5.74) is 0.973. The fourth-order valence-corrected chi connectivity index (χ4v) is 3.03. The molecule has 1 saturated carbocycles. The first kappa shape index (κ1) is 16.0. The quantitative estimate of drug-likeness (QED) is 0.826. The molecule has 1 fully saturated rings. The summed E-state index contributed by atoms with van der Waals surface area (Å²) in [5, 5.41) is 2.89. The van der Waals surface area contributed by atoms with Crippen LogP contribution in [0.15, 0.2) is 22.7 Å².